The molecule has 3 rings (SSSR count). The van der Waals surface area contributed by atoms with Crippen LogP contribution in [0.2, 0.25) is 10.0 Å². The average molecular weight is 353 g/mol. The maximum Gasteiger partial charge on any atom is 0.139 e. The van der Waals surface area contributed by atoms with Gasteiger partial charge in [0.05, 0.1) is 34.0 Å². The van der Waals surface area contributed by atoms with E-state index in [2.05, 4.69) is 23.8 Å². The first-order valence-electron chi connectivity index (χ1n) is 6.79. The zero-order valence-electron chi connectivity index (χ0n) is 12.4. The molecule has 0 atom stereocenters. The highest BCUT2D eigenvalue weighted by atomic mass is 35.5. The summed E-state index contributed by atoms with van der Waals surface area (Å²) in [7, 11) is 1.58. The zero-order chi connectivity index (χ0) is 15.9. The molecule has 114 valence electrons. The Labute approximate surface area is 142 Å². The number of hydrogen-bond acceptors (Lipinski definition) is 4. The van der Waals surface area contributed by atoms with Gasteiger partial charge in [0, 0.05) is 16.7 Å². The highest BCUT2D eigenvalue weighted by Crippen LogP contribution is 2.37. The SMILES string of the molecule is COc1ccc2c(Cl)cc(-c3csc(C(C)C)n3)nc2c1Cl. The van der Waals surface area contributed by atoms with Crippen LogP contribution in [0.1, 0.15) is 24.8 Å². The molecule has 0 saturated heterocycles. The third kappa shape index (κ3) is 2.67. The lowest BCUT2D eigenvalue weighted by Gasteiger charge is -2.08. The second kappa shape index (κ2) is 6.03. The van der Waals surface area contributed by atoms with E-state index < -0.39 is 0 Å². The molecule has 1 aromatic carbocycles. The molecule has 0 bridgehead atoms. The van der Waals surface area contributed by atoms with Gasteiger partial charge < -0.3 is 4.74 Å². The van der Waals surface area contributed by atoms with Crippen LogP contribution in [0.5, 0.6) is 5.75 Å². The number of fused-ring (bicyclic) bond motifs is 1. The van der Waals surface area contributed by atoms with Crippen LogP contribution >= 0.6 is 34.5 Å². The molecule has 0 saturated carbocycles. The van der Waals surface area contributed by atoms with Gasteiger partial charge in [0.2, 0.25) is 0 Å². The van der Waals surface area contributed by atoms with Crippen molar-refractivity contribution in [3.05, 3.63) is 38.6 Å². The Balaban J connectivity index is 2.20. The molecule has 6 heteroatoms. The Kier molecular flexibility index (Phi) is 4.26. The van der Waals surface area contributed by atoms with E-state index in [4.69, 9.17) is 27.9 Å². The predicted octanol–water partition coefficient (Wildman–Crippen LogP) is 5.80. The van der Waals surface area contributed by atoms with Gasteiger partial charge in [0.1, 0.15) is 10.8 Å². The first-order valence-corrected chi connectivity index (χ1v) is 8.43. The van der Waals surface area contributed by atoms with Gasteiger partial charge in [-0.15, -0.1) is 11.3 Å². The average Bonchev–Trinajstić information content (AvgIpc) is 2.98. The van der Waals surface area contributed by atoms with E-state index in [-0.39, 0.29) is 0 Å². The molecular weight excluding hydrogens is 339 g/mol. The van der Waals surface area contributed by atoms with Crippen molar-refractivity contribution in [2.24, 2.45) is 0 Å². The summed E-state index contributed by atoms with van der Waals surface area (Å²) < 4.78 is 5.25. The highest BCUT2D eigenvalue weighted by molar-refractivity contribution is 7.10. The summed E-state index contributed by atoms with van der Waals surface area (Å²) in [5.41, 5.74) is 2.16. The molecule has 0 aliphatic heterocycles. The maximum atomic E-state index is 6.39. The molecule has 0 aliphatic rings. The van der Waals surface area contributed by atoms with E-state index in [1.807, 2.05) is 17.5 Å². The second-order valence-electron chi connectivity index (χ2n) is 5.19. The number of benzene rings is 1. The number of methoxy groups -OCH3 is 1. The van der Waals surface area contributed by atoms with E-state index in [1.54, 1.807) is 24.5 Å². The van der Waals surface area contributed by atoms with Crippen molar-refractivity contribution < 1.29 is 4.74 Å². The van der Waals surface area contributed by atoms with Crippen LogP contribution in [-0.4, -0.2) is 17.1 Å². The van der Waals surface area contributed by atoms with Crippen LogP contribution in [0.15, 0.2) is 23.6 Å². The monoisotopic (exact) mass is 352 g/mol. The van der Waals surface area contributed by atoms with Crippen LogP contribution < -0.4 is 4.74 Å². The number of halogens is 2. The number of ether oxygens (including phenoxy) is 1. The molecule has 22 heavy (non-hydrogen) atoms. The maximum absolute atomic E-state index is 6.39. The molecule has 0 unspecified atom stereocenters. The van der Waals surface area contributed by atoms with Gasteiger partial charge in [-0.2, -0.15) is 0 Å². The Morgan fingerprint density at radius 3 is 2.55 bits per heavy atom. The lowest BCUT2D eigenvalue weighted by atomic mass is 10.1. The number of nitrogens with zero attached hydrogens (tertiary/aromatic N) is 2. The van der Waals surface area contributed by atoms with E-state index >= 15 is 0 Å². The number of rotatable bonds is 3. The van der Waals surface area contributed by atoms with Crippen molar-refractivity contribution >= 4 is 45.4 Å². The third-order valence-corrected chi connectivity index (χ3v) is 5.16. The van der Waals surface area contributed by atoms with E-state index in [0.29, 0.717) is 27.2 Å². The standard InChI is InChI=1S/C16H14Cl2N2OS/c1-8(2)16-20-12(7-22-16)11-6-10(17)9-4-5-13(21-3)14(18)15(9)19-11/h4-8H,1-3H3. The minimum Gasteiger partial charge on any atom is -0.495 e. The molecular formula is C16H14Cl2N2OS. The molecule has 3 aromatic rings. The van der Waals surface area contributed by atoms with Crippen molar-refractivity contribution in [2.75, 3.05) is 7.11 Å². The number of pyridine rings is 1. The normalized spacial score (nSPS) is 11.4. The fourth-order valence-corrected chi connectivity index (χ4v) is 3.53. The summed E-state index contributed by atoms with van der Waals surface area (Å²) in [4.78, 5) is 9.26. The lowest BCUT2D eigenvalue weighted by molar-refractivity contribution is 0.415. The van der Waals surface area contributed by atoms with E-state index in [1.165, 1.54) is 0 Å². The predicted molar refractivity (Wildman–Crippen MR) is 93.5 cm³/mol. The molecule has 0 radical (unpaired) electrons. The van der Waals surface area contributed by atoms with Gasteiger partial charge in [-0.1, -0.05) is 37.0 Å². The smallest absolute Gasteiger partial charge is 0.139 e. The lowest BCUT2D eigenvalue weighted by Crippen LogP contribution is -1.92. The topological polar surface area (TPSA) is 35.0 Å². The first-order chi connectivity index (χ1) is 10.5. The minimum absolute atomic E-state index is 0.387. The molecule has 0 amide bonds. The van der Waals surface area contributed by atoms with E-state index in [9.17, 15) is 0 Å². The summed E-state index contributed by atoms with van der Waals surface area (Å²) in [6.45, 7) is 4.23. The molecule has 2 heterocycles. The minimum atomic E-state index is 0.387. The Morgan fingerprint density at radius 2 is 1.91 bits per heavy atom. The molecule has 0 fully saturated rings. The first kappa shape index (κ1) is 15.5. The Bertz CT molecular complexity index is 846. The van der Waals surface area contributed by atoms with Crippen LogP contribution in [0.3, 0.4) is 0 Å². The summed E-state index contributed by atoms with van der Waals surface area (Å²) in [6.07, 6.45) is 0. The van der Waals surface area contributed by atoms with Gasteiger partial charge in [-0.05, 0) is 18.2 Å². The van der Waals surface area contributed by atoms with Gasteiger partial charge in [-0.3, -0.25) is 0 Å². The Hall–Kier alpha value is -1.36. The largest absolute Gasteiger partial charge is 0.495 e. The van der Waals surface area contributed by atoms with Gasteiger partial charge in [-0.25, -0.2) is 9.97 Å². The number of aromatic nitrogens is 2. The molecule has 0 aliphatic carbocycles. The molecule has 0 N–H and O–H groups in total. The van der Waals surface area contributed by atoms with Crippen molar-refractivity contribution in [3.63, 3.8) is 0 Å². The zero-order valence-corrected chi connectivity index (χ0v) is 14.7. The van der Waals surface area contributed by atoms with Crippen LogP contribution in [0.4, 0.5) is 0 Å². The van der Waals surface area contributed by atoms with Crippen LogP contribution in [0, 0.1) is 0 Å². The van der Waals surface area contributed by atoms with Crippen LogP contribution in [-0.2, 0) is 0 Å². The van der Waals surface area contributed by atoms with Crippen molar-refractivity contribution in [1.29, 1.82) is 0 Å². The fourth-order valence-electron chi connectivity index (χ4n) is 2.16. The molecule has 2 aromatic heterocycles. The van der Waals surface area contributed by atoms with Crippen molar-refractivity contribution in [2.45, 2.75) is 19.8 Å². The van der Waals surface area contributed by atoms with E-state index in [0.717, 1.165) is 21.8 Å². The third-order valence-electron chi connectivity index (χ3n) is 3.33. The summed E-state index contributed by atoms with van der Waals surface area (Å²) in [5.74, 6) is 0.967. The van der Waals surface area contributed by atoms with Gasteiger partial charge >= 0.3 is 0 Å². The fraction of sp³-hybridized carbons (Fsp3) is 0.250. The summed E-state index contributed by atoms with van der Waals surface area (Å²) >= 11 is 14.4. The van der Waals surface area contributed by atoms with Crippen molar-refractivity contribution in [1.82, 2.24) is 9.97 Å². The number of hydrogen-bond donors (Lipinski definition) is 0. The quantitative estimate of drug-likeness (QED) is 0.597. The summed E-state index contributed by atoms with van der Waals surface area (Å²) in [5, 5.41) is 4.93. The van der Waals surface area contributed by atoms with Crippen molar-refractivity contribution in [3.8, 4) is 17.1 Å². The summed E-state index contributed by atoms with van der Waals surface area (Å²) in [6, 6.07) is 5.48. The molecule has 3 nitrogen and oxygen atoms in total. The van der Waals surface area contributed by atoms with Gasteiger partial charge in [0.15, 0.2) is 0 Å². The number of thiazole rings is 1. The van der Waals surface area contributed by atoms with Gasteiger partial charge in [0.25, 0.3) is 0 Å². The second-order valence-corrected chi connectivity index (χ2v) is 6.87. The van der Waals surface area contributed by atoms with Crippen LogP contribution in [0.25, 0.3) is 22.3 Å². The highest BCUT2D eigenvalue weighted by Gasteiger charge is 2.14. The Morgan fingerprint density at radius 1 is 1.14 bits per heavy atom. The molecule has 0 spiro atoms.